The number of pyridine rings is 1. The van der Waals surface area contributed by atoms with E-state index in [2.05, 4.69) is 25.2 Å². The summed E-state index contributed by atoms with van der Waals surface area (Å²) < 4.78 is 41.6. The molecule has 0 aliphatic carbocycles. The van der Waals surface area contributed by atoms with Crippen molar-refractivity contribution in [3.63, 3.8) is 0 Å². The second kappa shape index (κ2) is 15.3. The third-order valence-corrected chi connectivity index (χ3v) is 6.64. The number of aromatic amines is 1. The fourth-order valence-electron chi connectivity index (χ4n) is 4.24. The molecule has 3 amide bonds. The highest BCUT2D eigenvalue weighted by molar-refractivity contribution is 6.15. The number of amides is 3. The van der Waals surface area contributed by atoms with Crippen LogP contribution < -0.4 is 30.9 Å². The van der Waals surface area contributed by atoms with Crippen LogP contribution >= 0.6 is 11.8 Å². The minimum atomic E-state index is -4.85. The van der Waals surface area contributed by atoms with Crippen molar-refractivity contribution in [1.29, 1.82) is 0 Å². The summed E-state index contributed by atoms with van der Waals surface area (Å²) in [5.74, 6) is -1.83. The van der Waals surface area contributed by atoms with Crippen LogP contribution in [-0.4, -0.2) is 60.7 Å². The summed E-state index contributed by atoms with van der Waals surface area (Å²) in [5.41, 5.74) is 7.29. The minimum Gasteiger partial charge on any atom is -0.406 e. The van der Waals surface area contributed by atoms with Crippen LogP contribution in [0.4, 0.5) is 18.9 Å². The molecule has 0 fully saturated rings. The lowest BCUT2D eigenvalue weighted by Gasteiger charge is -2.23. The molecule has 0 radical (unpaired) electrons. The highest BCUT2D eigenvalue weighted by Gasteiger charge is 2.31. The molecule has 2 atom stereocenters. The Hall–Kier alpha value is -3.94. The smallest absolute Gasteiger partial charge is 0.406 e. The first kappa shape index (κ1) is 32.6. The Kier molecular flexibility index (Phi) is 11.9. The van der Waals surface area contributed by atoms with E-state index in [9.17, 15) is 27.6 Å². The Morgan fingerprint density at radius 3 is 2.43 bits per heavy atom. The summed E-state index contributed by atoms with van der Waals surface area (Å²) in [5, 5.41) is 6.25. The number of hydrogen-bond acceptors (Lipinski definition) is 6. The number of hydrogen-bond donors (Lipinski definition) is 4. The van der Waals surface area contributed by atoms with Gasteiger partial charge in [-0.2, -0.15) is 0 Å². The van der Waals surface area contributed by atoms with E-state index in [4.69, 9.17) is 17.5 Å². The second-order valence-corrected chi connectivity index (χ2v) is 9.60. The van der Waals surface area contributed by atoms with Crippen molar-refractivity contribution in [1.82, 2.24) is 15.1 Å². The van der Waals surface area contributed by atoms with Crippen LogP contribution in [0.3, 0.4) is 0 Å². The predicted molar refractivity (Wildman–Crippen MR) is 151 cm³/mol. The minimum absolute atomic E-state index is 0.0100. The molecule has 0 bridgehead atoms. The molecule has 0 aliphatic rings. The number of anilines is 1. The maximum atomic E-state index is 13.4. The van der Waals surface area contributed by atoms with Crippen LogP contribution in [0.25, 0.3) is 10.9 Å². The average molecular weight is 610 g/mol. The number of H-pyrrole nitrogens is 1. The van der Waals surface area contributed by atoms with E-state index in [1.807, 2.05) is 31.2 Å². The largest absolute Gasteiger partial charge is 0.573 e. The SMILES string of the molecule is CCN(CCN)C(=O)CCC(NCl)C(=O)NC(Cc1ccc(OC(F)(F)F)cc1)C(=O)Nc1c[nH+]c2ccccc2c1. The van der Waals surface area contributed by atoms with Crippen LogP contribution in [0.1, 0.15) is 25.3 Å². The Balaban J connectivity index is 1.76. The highest BCUT2D eigenvalue weighted by Crippen LogP contribution is 2.23. The molecular weight excluding hydrogens is 577 g/mol. The predicted octanol–water partition coefficient (Wildman–Crippen LogP) is 2.92. The topological polar surface area (TPSA) is 140 Å². The molecule has 1 heterocycles. The first-order chi connectivity index (χ1) is 20.0. The number of nitrogens with zero attached hydrogens (tertiary/aromatic N) is 1. The quantitative estimate of drug-likeness (QED) is 0.207. The molecule has 6 N–H and O–H groups in total. The van der Waals surface area contributed by atoms with E-state index >= 15 is 0 Å². The van der Waals surface area contributed by atoms with E-state index in [-0.39, 0.29) is 25.2 Å². The Morgan fingerprint density at radius 2 is 1.79 bits per heavy atom. The number of rotatable bonds is 14. The Bertz CT molecular complexity index is 1360. The summed E-state index contributed by atoms with van der Waals surface area (Å²) in [6.45, 7) is 2.95. The molecule has 0 saturated carbocycles. The maximum absolute atomic E-state index is 13.4. The summed E-state index contributed by atoms with van der Waals surface area (Å²) in [4.78, 5) is 46.0. The van der Waals surface area contributed by atoms with Crippen molar-refractivity contribution in [3.05, 3.63) is 66.4 Å². The van der Waals surface area contributed by atoms with Gasteiger partial charge in [0.25, 0.3) is 0 Å². The molecule has 2 aromatic carbocycles. The zero-order valence-corrected chi connectivity index (χ0v) is 23.6. The Morgan fingerprint density at radius 1 is 1.07 bits per heavy atom. The number of carbonyl (C=O) groups excluding carboxylic acids is 3. The van der Waals surface area contributed by atoms with E-state index in [0.29, 0.717) is 30.9 Å². The molecule has 14 heteroatoms. The molecule has 3 aromatic rings. The summed E-state index contributed by atoms with van der Waals surface area (Å²) in [6, 6.07) is 12.0. The van der Waals surface area contributed by atoms with E-state index in [0.717, 1.165) is 23.0 Å². The molecular formula is C28H33ClF3N6O4+. The Labute approximate surface area is 245 Å². The lowest BCUT2D eigenvalue weighted by atomic mass is 10.0. The number of benzene rings is 2. The number of aromatic nitrogens is 1. The number of nitrogens with two attached hydrogens (primary N) is 1. The number of para-hydroxylation sites is 1. The molecule has 1 aromatic heterocycles. The van der Waals surface area contributed by atoms with Gasteiger partial charge in [-0.15, -0.1) is 13.2 Å². The van der Waals surface area contributed by atoms with Crippen molar-refractivity contribution in [2.45, 2.75) is 44.6 Å². The van der Waals surface area contributed by atoms with E-state index in [1.54, 1.807) is 17.2 Å². The van der Waals surface area contributed by atoms with Gasteiger partial charge in [-0.1, -0.05) is 24.3 Å². The van der Waals surface area contributed by atoms with Crippen molar-refractivity contribution >= 4 is 46.1 Å². The molecule has 226 valence electrons. The number of halogens is 4. The van der Waals surface area contributed by atoms with Crippen molar-refractivity contribution in [2.24, 2.45) is 5.73 Å². The fourth-order valence-corrected chi connectivity index (χ4v) is 4.45. The van der Waals surface area contributed by atoms with Crippen LogP contribution in [-0.2, 0) is 20.8 Å². The van der Waals surface area contributed by atoms with Gasteiger partial charge in [-0.05, 0) is 55.0 Å². The van der Waals surface area contributed by atoms with Gasteiger partial charge in [0.1, 0.15) is 23.5 Å². The highest BCUT2D eigenvalue weighted by atomic mass is 35.5. The fraction of sp³-hybridized carbons (Fsp3) is 0.357. The van der Waals surface area contributed by atoms with Gasteiger partial charge in [0.15, 0.2) is 6.20 Å². The normalized spacial score (nSPS) is 12.8. The number of nitrogens with one attached hydrogen (secondary N) is 4. The van der Waals surface area contributed by atoms with Crippen molar-refractivity contribution < 1.29 is 37.3 Å². The zero-order valence-electron chi connectivity index (χ0n) is 22.8. The molecule has 3 rings (SSSR count). The zero-order chi connectivity index (χ0) is 30.7. The summed E-state index contributed by atoms with van der Waals surface area (Å²) in [6.07, 6.45) is -3.26. The van der Waals surface area contributed by atoms with Gasteiger partial charge in [0.05, 0.1) is 0 Å². The molecule has 0 spiro atoms. The number of carbonyl (C=O) groups is 3. The third kappa shape index (κ3) is 9.86. The average Bonchev–Trinajstić information content (AvgIpc) is 2.95. The van der Waals surface area contributed by atoms with E-state index < -0.39 is 36.0 Å². The molecule has 2 unspecified atom stereocenters. The van der Waals surface area contributed by atoms with E-state index in [1.165, 1.54) is 12.1 Å². The molecule has 0 saturated heterocycles. The van der Waals surface area contributed by atoms with Gasteiger partial charge in [0.2, 0.25) is 23.2 Å². The van der Waals surface area contributed by atoms with Gasteiger partial charge >= 0.3 is 6.36 Å². The summed E-state index contributed by atoms with van der Waals surface area (Å²) in [7, 11) is 0. The standard InChI is InChI=1S/C28H32ClF3N6O4/c1-2-38(14-13-33)25(39)12-11-23(37-29)26(40)36-24(15-18-7-9-21(10-8-18)42-28(30,31)32)27(41)35-20-16-19-5-3-4-6-22(19)34-17-20/h3-10,16-17,23-24,37H,2,11-15,33H2,1H3,(H,35,41)(H,36,40)/p+1. The number of likely N-dealkylation sites (N-methyl/N-ethyl adjacent to an activating group) is 1. The molecule has 0 aliphatic heterocycles. The van der Waals surface area contributed by atoms with Gasteiger partial charge in [-0.3, -0.25) is 14.4 Å². The van der Waals surface area contributed by atoms with Crippen molar-refractivity contribution in [2.75, 3.05) is 25.0 Å². The van der Waals surface area contributed by atoms with Crippen LogP contribution in [0.15, 0.2) is 60.8 Å². The van der Waals surface area contributed by atoms with Crippen LogP contribution in [0.2, 0.25) is 0 Å². The first-order valence-corrected chi connectivity index (χ1v) is 13.6. The number of alkyl halides is 3. The van der Waals surface area contributed by atoms with Gasteiger partial charge in [0, 0.05) is 43.9 Å². The second-order valence-electron chi connectivity index (χ2n) is 9.38. The van der Waals surface area contributed by atoms with Crippen LogP contribution in [0, 0.1) is 0 Å². The lowest BCUT2D eigenvalue weighted by Crippen LogP contribution is -2.51. The molecule has 10 nitrogen and oxygen atoms in total. The maximum Gasteiger partial charge on any atom is 0.573 e. The van der Waals surface area contributed by atoms with Gasteiger partial charge < -0.3 is 26.0 Å². The van der Waals surface area contributed by atoms with Crippen LogP contribution in [0.5, 0.6) is 5.75 Å². The van der Waals surface area contributed by atoms with Gasteiger partial charge in [-0.25, -0.2) is 9.82 Å². The summed E-state index contributed by atoms with van der Waals surface area (Å²) >= 11 is 5.83. The van der Waals surface area contributed by atoms with Crippen molar-refractivity contribution in [3.8, 4) is 5.75 Å². The third-order valence-electron chi connectivity index (χ3n) is 6.38. The molecule has 42 heavy (non-hydrogen) atoms. The first-order valence-electron chi connectivity index (χ1n) is 13.2. The monoisotopic (exact) mass is 609 g/mol. The number of ether oxygens (including phenoxy) is 1. The lowest BCUT2D eigenvalue weighted by molar-refractivity contribution is -0.343. The number of fused-ring (bicyclic) bond motifs is 1.